The van der Waals surface area contributed by atoms with E-state index in [0.717, 1.165) is 13.1 Å². The Morgan fingerprint density at radius 1 is 0.783 bits per heavy atom. The molecule has 0 atom stereocenters. The summed E-state index contributed by atoms with van der Waals surface area (Å²) in [5.74, 6) is 0. The minimum Gasteiger partial charge on any atom is -0.367 e. The Morgan fingerprint density at radius 3 is 2.35 bits per heavy atom. The van der Waals surface area contributed by atoms with Gasteiger partial charge in [0.2, 0.25) is 0 Å². The minimum absolute atomic E-state index is 0.949. The fourth-order valence-electron chi connectivity index (χ4n) is 3.11. The highest BCUT2D eigenvalue weighted by atomic mass is 32.1. The smallest absolute Gasteiger partial charge is 0.0429 e. The third kappa shape index (κ3) is 2.71. The van der Waals surface area contributed by atoms with Crippen molar-refractivity contribution in [1.82, 2.24) is 0 Å². The number of para-hydroxylation sites is 1. The lowest BCUT2D eigenvalue weighted by molar-refractivity contribution is 0.833. The van der Waals surface area contributed by atoms with Crippen LogP contribution in [0.25, 0.3) is 20.2 Å². The Hall–Kier alpha value is -2.32. The lowest BCUT2D eigenvalue weighted by atomic mass is 10.1. The topological polar surface area (TPSA) is 3.24 Å². The lowest BCUT2D eigenvalue weighted by Gasteiger charge is -2.23. The first-order valence-corrected chi connectivity index (χ1v) is 8.87. The fraction of sp³-hybridized carbons (Fsp3) is 0.143. The molecule has 114 valence electrons. The average Bonchev–Trinajstić information content (AvgIpc) is 2.98. The van der Waals surface area contributed by atoms with Gasteiger partial charge >= 0.3 is 0 Å². The van der Waals surface area contributed by atoms with Crippen molar-refractivity contribution >= 4 is 37.2 Å². The molecular formula is C21H19NS. The molecule has 0 saturated heterocycles. The van der Waals surface area contributed by atoms with E-state index in [1.807, 2.05) is 11.3 Å². The number of rotatable bonds is 4. The third-order valence-electron chi connectivity index (χ3n) is 4.32. The molecule has 0 bridgehead atoms. The molecule has 0 radical (unpaired) electrons. The van der Waals surface area contributed by atoms with Gasteiger partial charge < -0.3 is 4.90 Å². The number of nitrogens with zero attached hydrogens (tertiary/aromatic N) is 1. The normalized spacial score (nSPS) is 11.2. The van der Waals surface area contributed by atoms with Gasteiger partial charge in [0, 0.05) is 38.9 Å². The van der Waals surface area contributed by atoms with Crippen LogP contribution in [0.1, 0.15) is 12.5 Å². The minimum atomic E-state index is 0.949. The Bertz CT molecular complexity index is 940. The van der Waals surface area contributed by atoms with Crippen molar-refractivity contribution in [1.29, 1.82) is 0 Å². The summed E-state index contributed by atoms with van der Waals surface area (Å²) in [7, 11) is 0. The van der Waals surface area contributed by atoms with Gasteiger partial charge in [0.15, 0.2) is 0 Å². The van der Waals surface area contributed by atoms with Gasteiger partial charge in [-0.2, -0.15) is 0 Å². The maximum Gasteiger partial charge on any atom is 0.0429 e. The lowest BCUT2D eigenvalue weighted by Crippen LogP contribution is -2.21. The molecule has 1 aromatic heterocycles. The number of anilines is 1. The highest BCUT2D eigenvalue weighted by molar-refractivity contribution is 7.25. The van der Waals surface area contributed by atoms with Crippen LogP contribution in [-0.4, -0.2) is 6.54 Å². The van der Waals surface area contributed by atoms with Crippen LogP contribution in [0.15, 0.2) is 72.8 Å². The van der Waals surface area contributed by atoms with Gasteiger partial charge in [-0.05, 0) is 36.8 Å². The molecule has 0 fully saturated rings. The van der Waals surface area contributed by atoms with E-state index < -0.39 is 0 Å². The van der Waals surface area contributed by atoms with E-state index >= 15 is 0 Å². The van der Waals surface area contributed by atoms with E-state index in [9.17, 15) is 0 Å². The van der Waals surface area contributed by atoms with Crippen LogP contribution in [0.4, 0.5) is 5.69 Å². The van der Waals surface area contributed by atoms with E-state index in [1.165, 1.54) is 31.4 Å². The zero-order chi connectivity index (χ0) is 15.6. The molecule has 0 spiro atoms. The van der Waals surface area contributed by atoms with Crippen LogP contribution in [-0.2, 0) is 6.54 Å². The molecule has 0 aliphatic rings. The molecule has 23 heavy (non-hydrogen) atoms. The highest BCUT2D eigenvalue weighted by Crippen LogP contribution is 2.34. The number of hydrogen-bond donors (Lipinski definition) is 0. The molecule has 1 nitrogen and oxygen atoms in total. The summed E-state index contributed by atoms with van der Waals surface area (Å²) in [5.41, 5.74) is 2.65. The quantitative estimate of drug-likeness (QED) is 0.441. The first-order valence-electron chi connectivity index (χ1n) is 8.05. The first kappa shape index (κ1) is 14.3. The summed E-state index contributed by atoms with van der Waals surface area (Å²) in [5, 5.41) is 2.74. The van der Waals surface area contributed by atoms with Gasteiger partial charge in [-0.15, -0.1) is 11.3 Å². The van der Waals surface area contributed by atoms with Crippen molar-refractivity contribution in [2.45, 2.75) is 13.5 Å². The molecule has 0 aliphatic heterocycles. The predicted octanol–water partition coefficient (Wildman–Crippen LogP) is 6.08. The van der Waals surface area contributed by atoms with Crippen LogP contribution in [0, 0.1) is 0 Å². The van der Waals surface area contributed by atoms with Crippen LogP contribution < -0.4 is 4.90 Å². The molecule has 2 heteroatoms. The Kier molecular flexibility index (Phi) is 3.76. The van der Waals surface area contributed by atoms with Crippen molar-refractivity contribution in [3.63, 3.8) is 0 Å². The molecule has 0 unspecified atom stereocenters. The van der Waals surface area contributed by atoms with E-state index in [2.05, 4.69) is 84.6 Å². The summed E-state index contributed by atoms with van der Waals surface area (Å²) in [6.07, 6.45) is 0. The van der Waals surface area contributed by atoms with Gasteiger partial charge in [-0.1, -0.05) is 48.5 Å². The van der Waals surface area contributed by atoms with E-state index in [4.69, 9.17) is 0 Å². The molecule has 4 aromatic rings. The van der Waals surface area contributed by atoms with Crippen LogP contribution in [0.2, 0.25) is 0 Å². The number of fused-ring (bicyclic) bond motifs is 3. The molecule has 3 aromatic carbocycles. The molecule has 4 rings (SSSR count). The van der Waals surface area contributed by atoms with Gasteiger partial charge in [0.1, 0.15) is 0 Å². The van der Waals surface area contributed by atoms with Crippen LogP contribution in [0.3, 0.4) is 0 Å². The second kappa shape index (κ2) is 6.05. The predicted molar refractivity (Wildman–Crippen MR) is 102 cm³/mol. The molecule has 0 aliphatic carbocycles. The van der Waals surface area contributed by atoms with Crippen molar-refractivity contribution < 1.29 is 0 Å². The van der Waals surface area contributed by atoms with Gasteiger partial charge in [-0.3, -0.25) is 0 Å². The van der Waals surface area contributed by atoms with Gasteiger partial charge in [0.25, 0.3) is 0 Å². The summed E-state index contributed by atoms with van der Waals surface area (Å²) in [4.78, 5) is 2.41. The second-order valence-corrected chi connectivity index (χ2v) is 6.86. The monoisotopic (exact) mass is 317 g/mol. The molecule has 0 N–H and O–H groups in total. The second-order valence-electron chi connectivity index (χ2n) is 5.78. The SMILES string of the molecule is CCN(Cc1ccc2c(c1)sc1ccccc12)c1ccccc1. The Labute approximate surface area is 140 Å². The summed E-state index contributed by atoms with van der Waals surface area (Å²) < 4.78 is 2.75. The van der Waals surface area contributed by atoms with Crippen molar-refractivity contribution in [2.75, 3.05) is 11.4 Å². The largest absolute Gasteiger partial charge is 0.367 e. The Morgan fingerprint density at radius 2 is 1.52 bits per heavy atom. The molecular weight excluding hydrogens is 298 g/mol. The van der Waals surface area contributed by atoms with E-state index in [0.29, 0.717) is 0 Å². The fourth-order valence-corrected chi connectivity index (χ4v) is 4.28. The van der Waals surface area contributed by atoms with E-state index in [1.54, 1.807) is 0 Å². The number of hydrogen-bond acceptors (Lipinski definition) is 2. The maximum atomic E-state index is 2.41. The Balaban J connectivity index is 1.70. The molecule has 0 saturated carbocycles. The standard InChI is InChI=1S/C21H19NS/c1-2-22(17-8-4-3-5-9-17)15-16-12-13-19-18-10-6-7-11-20(18)23-21(19)14-16/h3-14H,2,15H2,1H3. The molecule has 1 heterocycles. The van der Waals surface area contributed by atoms with Crippen LogP contribution in [0.5, 0.6) is 0 Å². The summed E-state index contributed by atoms with van der Waals surface area (Å²) >= 11 is 1.89. The van der Waals surface area contributed by atoms with Crippen molar-refractivity contribution in [3.05, 3.63) is 78.4 Å². The van der Waals surface area contributed by atoms with Gasteiger partial charge in [-0.25, -0.2) is 0 Å². The average molecular weight is 317 g/mol. The highest BCUT2D eigenvalue weighted by Gasteiger charge is 2.08. The van der Waals surface area contributed by atoms with Crippen LogP contribution >= 0.6 is 11.3 Å². The zero-order valence-electron chi connectivity index (χ0n) is 13.2. The van der Waals surface area contributed by atoms with Crippen molar-refractivity contribution in [3.8, 4) is 0 Å². The van der Waals surface area contributed by atoms with E-state index in [-0.39, 0.29) is 0 Å². The zero-order valence-corrected chi connectivity index (χ0v) is 14.0. The number of thiophene rings is 1. The van der Waals surface area contributed by atoms with Crippen molar-refractivity contribution in [2.24, 2.45) is 0 Å². The molecule has 0 amide bonds. The maximum absolute atomic E-state index is 2.41. The third-order valence-corrected chi connectivity index (χ3v) is 5.45. The number of benzene rings is 3. The first-order chi connectivity index (χ1) is 11.3. The summed E-state index contributed by atoms with van der Waals surface area (Å²) in [6.45, 7) is 4.17. The summed E-state index contributed by atoms with van der Waals surface area (Å²) in [6, 6.07) is 26.2. The van der Waals surface area contributed by atoms with Gasteiger partial charge in [0.05, 0.1) is 0 Å².